The maximum atomic E-state index is 12.7. The van der Waals surface area contributed by atoms with Crippen LogP contribution in [0.1, 0.15) is 70.4 Å². The predicted octanol–water partition coefficient (Wildman–Crippen LogP) is 1.65. The van der Waals surface area contributed by atoms with Gasteiger partial charge in [0.2, 0.25) is 0 Å². The summed E-state index contributed by atoms with van der Waals surface area (Å²) < 4.78 is 2.73. The third-order valence-electron chi connectivity index (χ3n) is 4.87. The molecular formula is C18H24N6O4. The van der Waals surface area contributed by atoms with Crippen LogP contribution in [0.25, 0.3) is 0 Å². The number of rotatable bonds is 6. The highest BCUT2D eigenvalue weighted by molar-refractivity contribution is 6.11. The Bertz CT molecular complexity index is 894. The molecule has 0 bridgehead atoms. The monoisotopic (exact) mass is 388 g/mol. The molecule has 2 aromatic rings. The minimum atomic E-state index is -1.25. The minimum Gasteiger partial charge on any atom is -0.478 e. The van der Waals surface area contributed by atoms with Gasteiger partial charge in [0.05, 0.1) is 11.9 Å². The number of aryl methyl sites for hydroxylation is 2. The van der Waals surface area contributed by atoms with Crippen LogP contribution >= 0.6 is 0 Å². The van der Waals surface area contributed by atoms with Crippen molar-refractivity contribution in [3.8, 4) is 0 Å². The minimum absolute atomic E-state index is 0.101. The fourth-order valence-corrected chi connectivity index (χ4v) is 3.39. The number of anilines is 1. The van der Waals surface area contributed by atoms with Crippen LogP contribution in [-0.2, 0) is 13.6 Å². The zero-order valence-corrected chi connectivity index (χ0v) is 15.9. The average Bonchev–Trinajstić information content (AvgIpc) is 3.26. The second kappa shape index (κ2) is 8.24. The Labute approximate surface area is 161 Å². The molecule has 2 aromatic heterocycles. The van der Waals surface area contributed by atoms with Gasteiger partial charge in [-0.2, -0.15) is 10.2 Å². The maximum Gasteiger partial charge on any atom is 0.339 e. The molecule has 0 unspecified atom stereocenters. The molecule has 10 nitrogen and oxygen atoms in total. The van der Waals surface area contributed by atoms with Crippen molar-refractivity contribution in [2.75, 3.05) is 5.32 Å². The average molecular weight is 388 g/mol. The third-order valence-corrected chi connectivity index (χ3v) is 4.87. The van der Waals surface area contributed by atoms with Crippen LogP contribution in [0.4, 0.5) is 5.69 Å². The summed E-state index contributed by atoms with van der Waals surface area (Å²) in [5.74, 6) is -2.27. The fraction of sp³-hybridized carbons (Fsp3) is 0.500. The molecule has 0 radical (unpaired) electrons. The quantitative estimate of drug-likeness (QED) is 0.689. The number of hydrogen-bond donors (Lipinski definition) is 3. The van der Waals surface area contributed by atoms with Gasteiger partial charge >= 0.3 is 5.97 Å². The van der Waals surface area contributed by atoms with Crippen molar-refractivity contribution in [1.82, 2.24) is 24.9 Å². The molecule has 1 aliphatic rings. The van der Waals surface area contributed by atoms with E-state index in [9.17, 15) is 19.5 Å². The molecule has 2 amide bonds. The first-order chi connectivity index (χ1) is 13.4. The van der Waals surface area contributed by atoms with Gasteiger partial charge in [-0.15, -0.1) is 0 Å². The summed E-state index contributed by atoms with van der Waals surface area (Å²) in [4.78, 5) is 36.7. The van der Waals surface area contributed by atoms with Crippen LogP contribution in [0.3, 0.4) is 0 Å². The van der Waals surface area contributed by atoms with E-state index in [1.54, 1.807) is 10.9 Å². The summed E-state index contributed by atoms with van der Waals surface area (Å²) in [6, 6.07) is 0.104. The van der Waals surface area contributed by atoms with Gasteiger partial charge < -0.3 is 15.7 Å². The number of hydrogen-bond acceptors (Lipinski definition) is 5. The van der Waals surface area contributed by atoms with E-state index in [4.69, 9.17) is 0 Å². The normalized spacial score (nSPS) is 14.6. The number of aromatic carboxylic acids is 1. The molecule has 2 heterocycles. The van der Waals surface area contributed by atoms with Crippen LogP contribution in [0.2, 0.25) is 0 Å². The molecule has 28 heavy (non-hydrogen) atoms. The number of amides is 2. The van der Waals surface area contributed by atoms with E-state index >= 15 is 0 Å². The molecule has 0 aliphatic heterocycles. The molecule has 3 N–H and O–H groups in total. The molecule has 0 spiro atoms. The Balaban J connectivity index is 1.83. The molecular weight excluding hydrogens is 364 g/mol. The van der Waals surface area contributed by atoms with Crippen molar-refractivity contribution in [2.24, 2.45) is 7.05 Å². The summed E-state index contributed by atoms with van der Waals surface area (Å²) >= 11 is 0. The largest absolute Gasteiger partial charge is 0.478 e. The highest BCUT2D eigenvalue weighted by atomic mass is 16.4. The van der Waals surface area contributed by atoms with Crippen molar-refractivity contribution in [1.29, 1.82) is 0 Å². The highest BCUT2D eigenvalue weighted by Crippen LogP contribution is 2.20. The summed E-state index contributed by atoms with van der Waals surface area (Å²) in [5, 5.41) is 22.9. The van der Waals surface area contributed by atoms with Gasteiger partial charge in [0, 0.05) is 25.8 Å². The lowest BCUT2D eigenvalue weighted by molar-refractivity contribution is 0.0691. The maximum absolute atomic E-state index is 12.7. The zero-order valence-electron chi connectivity index (χ0n) is 15.9. The van der Waals surface area contributed by atoms with Gasteiger partial charge in [-0.1, -0.05) is 19.3 Å². The van der Waals surface area contributed by atoms with E-state index < -0.39 is 11.9 Å². The third kappa shape index (κ3) is 4.05. The number of carbonyl (C=O) groups excluding carboxylic acids is 2. The van der Waals surface area contributed by atoms with E-state index in [-0.39, 0.29) is 34.6 Å². The number of aromatic nitrogens is 4. The number of carbonyl (C=O) groups is 3. The number of carboxylic acid groups (broad SMARTS) is 1. The predicted molar refractivity (Wildman–Crippen MR) is 100 cm³/mol. The van der Waals surface area contributed by atoms with Crippen molar-refractivity contribution in [3.63, 3.8) is 0 Å². The molecule has 1 fully saturated rings. The van der Waals surface area contributed by atoms with E-state index in [0.29, 0.717) is 6.54 Å². The molecule has 150 valence electrons. The molecule has 3 rings (SSSR count). The second-order valence-corrected chi connectivity index (χ2v) is 6.85. The van der Waals surface area contributed by atoms with Crippen LogP contribution in [0.5, 0.6) is 0 Å². The SMILES string of the molecule is CCn1cc(NC(=O)c2c(C(=O)O)cnn2C)c(C(=O)NC2CCCCC2)n1. The summed E-state index contributed by atoms with van der Waals surface area (Å²) in [5.41, 5.74) is 0.0315. The van der Waals surface area contributed by atoms with Crippen LogP contribution in [0.15, 0.2) is 12.4 Å². The first-order valence-corrected chi connectivity index (χ1v) is 9.35. The molecule has 1 aliphatic carbocycles. The molecule has 0 aromatic carbocycles. The van der Waals surface area contributed by atoms with Gasteiger partial charge in [-0.3, -0.25) is 19.0 Å². The summed E-state index contributed by atoms with van der Waals surface area (Å²) in [6.07, 6.45) is 7.87. The lowest BCUT2D eigenvalue weighted by Gasteiger charge is -2.22. The van der Waals surface area contributed by atoms with Crippen molar-refractivity contribution >= 4 is 23.5 Å². The van der Waals surface area contributed by atoms with Gasteiger partial charge in [0.25, 0.3) is 11.8 Å². The lowest BCUT2D eigenvalue weighted by atomic mass is 9.95. The topological polar surface area (TPSA) is 131 Å². The van der Waals surface area contributed by atoms with Gasteiger partial charge in [0.15, 0.2) is 5.69 Å². The summed E-state index contributed by atoms with van der Waals surface area (Å²) in [6.45, 7) is 2.39. The first kappa shape index (κ1) is 19.6. The van der Waals surface area contributed by atoms with Crippen LogP contribution < -0.4 is 10.6 Å². The Morgan fingerprint density at radius 2 is 1.93 bits per heavy atom. The standard InChI is InChI=1S/C18H24N6O4/c1-3-24-10-13(14(22-24)16(25)20-11-7-5-4-6-8-11)21-17(26)15-12(18(27)28)9-19-23(15)2/h9-11H,3-8H2,1-2H3,(H,20,25)(H,21,26)(H,27,28). The van der Waals surface area contributed by atoms with Gasteiger partial charge in [-0.05, 0) is 19.8 Å². The van der Waals surface area contributed by atoms with Crippen molar-refractivity contribution < 1.29 is 19.5 Å². The summed E-state index contributed by atoms with van der Waals surface area (Å²) in [7, 11) is 1.48. The Morgan fingerprint density at radius 3 is 2.57 bits per heavy atom. The number of nitrogens with one attached hydrogen (secondary N) is 2. The molecule has 1 saturated carbocycles. The lowest BCUT2D eigenvalue weighted by Crippen LogP contribution is -2.37. The fourth-order valence-electron chi connectivity index (χ4n) is 3.39. The number of nitrogens with zero attached hydrogens (tertiary/aromatic N) is 4. The Hall–Kier alpha value is -3.17. The van der Waals surface area contributed by atoms with E-state index in [1.165, 1.54) is 18.2 Å². The van der Waals surface area contributed by atoms with Crippen molar-refractivity contribution in [2.45, 2.75) is 51.6 Å². The van der Waals surface area contributed by atoms with Crippen LogP contribution in [0, 0.1) is 0 Å². The Kier molecular flexibility index (Phi) is 5.76. The first-order valence-electron chi connectivity index (χ1n) is 9.35. The molecule has 0 atom stereocenters. The number of carboxylic acids is 1. The second-order valence-electron chi connectivity index (χ2n) is 6.85. The van der Waals surface area contributed by atoms with Crippen molar-refractivity contribution in [3.05, 3.63) is 29.3 Å². The Morgan fingerprint density at radius 1 is 1.21 bits per heavy atom. The van der Waals surface area contributed by atoms with E-state index in [1.807, 2.05) is 6.92 Å². The zero-order chi connectivity index (χ0) is 20.3. The molecule has 10 heteroatoms. The van der Waals surface area contributed by atoms with E-state index in [2.05, 4.69) is 20.8 Å². The molecule has 0 saturated heterocycles. The van der Waals surface area contributed by atoms with E-state index in [0.717, 1.165) is 31.9 Å². The van der Waals surface area contributed by atoms with Gasteiger partial charge in [-0.25, -0.2) is 4.79 Å². The highest BCUT2D eigenvalue weighted by Gasteiger charge is 2.26. The smallest absolute Gasteiger partial charge is 0.339 e. The van der Waals surface area contributed by atoms with Gasteiger partial charge in [0.1, 0.15) is 11.3 Å². The van der Waals surface area contributed by atoms with Crippen LogP contribution in [-0.4, -0.2) is 48.5 Å².